The van der Waals surface area contributed by atoms with Crippen LogP contribution in [0.2, 0.25) is 0 Å². The van der Waals surface area contributed by atoms with Crippen LogP contribution >= 0.6 is 12.4 Å². The Bertz CT molecular complexity index is 623. The van der Waals surface area contributed by atoms with E-state index in [9.17, 15) is 4.79 Å². The molecule has 1 aliphatic rings. The molecule has 1 aliphatic heterocycles. The molecule has 2 heterocycles. The van der Waals surface area contributed by atoms with Gasteiger partial charge in [-0.25, -0.2) is 4.68 Å². The lowest BCUT2D eigenvalue weighted by atomic mass is 9.98. The van der Waals surface area contributed by atoms with Crippen molar-refractivity contribution in [3.63, 3.8) is 0 Å². The molecule has 2 aromatic rings. The van der Waals surface area contributed by atoms with Crippen LogP contribution in [-0.2, 0) is 11.3 Å². The van der Waals surface area contributed by atoms with Crippen LogP contribution in [0.5, 0.6) is 0 Å². The second-order valence-corrected chi connectivity index (χ2v) is 5.87. The predicted molar refractivity (Wildman–Crippen MR) is 92.9 cm³/mol. The fourth-order valence-corrected chi connectivity index (χ4v) is 2.89. The number of rotatable bonds is 4. The first kappa shape index (κ1) is 17.5. The van der Waals surface area contributed by atoms with Crippen LogP contribution < -0.4 is 5.32 Å². The Hall–Kier alpha value is -1.85. The van der Waals surface area contributed by atoms with Crippen molar-refractivity contribution in [3.8, 4) is 5.69 Å². The quantitative estimate of drug-likeness (QED) is 0.933. The van der Waals surface area contributed by atoms with Crippen LogP contribution in [0.15, 0.2) is 42.7 Å². The van der Waals surface area contributed by atoms with Gasteiger partial charge in [0.05, 0.1) is 17.8 Å². The molecular weight excluding hydrogens is 312 g/mol. The zero-order chi connectivity index (χ0) is 15.4. The molecule has 0 bridgehead atoms. The van der Waals surface area contributed by atoms with Gasteiger partial charge in [0.1, 0.15) is 0 Å². The van der Waals surface area contributed by atoms with Crippen LogP contribution in [0.25, 0.3) is 5.69 Å². The molecule has 0 aliphatic carbocycles. The van der Waals surface area contributed by atoms with E-state index < -0.39 is 0 Å². The van der Waals surface area contributed by atoms with Crippen molar-refractivity contribution in [2.75, 3.05) is 20.1 Å². The largest absolute Gasteiger partial charge is 0.341 e. The van der Waals surface area contributed by atoms with Gasteiger partial charge in [-0.3, -0.25) is 4.79 Å². The number of aromatic nitrogens is 2. The van der Waals surface area contributed by atoms with Gasteiger partial charge >= 0.3 is 0 Å². The van der Waals surface area contributed by atoms with Gasteiger partial charge in [0.15, 0.2) is 0 Å². The fraction of sp³-hybridized carbons (Fsp3) is 0.412. The van der Waals surface area contributed by atoms with Crippen molar-refractivity contribution in [1.82, 2.24) is 20.0 Å². The molecule has 0 radical (unpaired) electrons. The van der Waals surface area contributed by atoms with Gasteiger partial charge in [-0.05, 0) is 31.5 Å². The van der Waals surface area contributed by atoms with Gasteiger partial charge in [-0.1, -0.05) is 18.2 Å². The maximum Gasteiger partial charge on any atom is 0.227 e. The van der Waals surface area contributed by atoms with Gasteiger partial charge < -0.3 is 10.2 Å². The van der Waals surface area contributed by atoms with Gasteiger partial charge in [0.2, 0.25) is 5.91 Å². The lowest BCUT2D eigenvalue weighted by molar-refractivity contribution is -0.135. The molecule has 23 heavy (non-hydrogen) atoms. The maximum absolute atomic E-state index is 12.4. The number of amides is 1. The Labute approximate surface area is 143 Å². The SMILES string of the molecule is CN(Cc1cnn(-c2ccccc2)c1)C(=O)C1CCCNC1.Cl. The minimum atomic E-state index is 0. The smallest absolute Gasteiger partial charge is 0.227 e. The van der Waals surface area contributed by atoms with Crippen molar-refractivity contribution >= 4 is 18.3 Å². The summed E-state index contributed by atoms with van der Waals surface area (Å²) in [6.45, 7) is 2.42. The fourth-order valence-electron chi connectivity index (χ4n) is 2.89. The minimum absolute atomic E-state index is 0. The lowest BCUT2D eigenvalue weighted by Crippen LogP contribution is -2.41. The Morgan fingerprint density at radius 3 is 2.87 bits per heavy atom. The summed E-state index contributed by atoms with van der Waals surface area (Å²) in [5, 5.41) is 7.67. The third-order valence-electron chi connectivity index (χ3n) is 4.10. The Morgan fingerprint density at radius 1 is 1.39 bits per heavy atom. The molecule has 0 spiro atoms. The highest BCUT2D eigenvalue weighted by Crippen LogP contribution is 2.15. The number of nitrogens with zero attached hydrogens (tertiary/aromatic N) is 3. The molecule has 3 rings (SSSR count). The van der Waals surface area contributed by atoms with E-state index in [1.54, 1.807) is 0 Å². The molecule has 124 valence electrons. The average molecular weight is 335 g/mol. The maximum atomic E-state index is 12.4. The molecule has 1 aromatic carbocycles. The number of benzene rings is 1. The number of halogens is 1. The van der Waals surface area contributed by atoms with Crippen molar-refractivity contribution in [2.24, 2.45) is 5.92 Å². The van der Waals surface area contributed by atoms with Gasteiger partial charge in [0, 0.05) is 31.9 Å². The standard InChI is InChI=1S/C17H22N4O.ClH/c1-20(17(22)15-6-5-9-18-11-15)12-14-10-19-21(13-14)16-7-3-2-4-8-16;/h2-4,7-8,10,13,15,18H,5-6,9,11-12H2,1H3;1H. The third kappa shape index (κ3) is 4.33. The summed E-state index contributed by atoms with van der Waals surface area (Å²) < 4.78 is 1.84. The van der Waals surface area contributed by atoms with Crippen LogP contribution in [0, 0.1) is 5.92 Å². The molecule has 1 amide bonds. The highest BCUT2D eigenvalue weighted by atomic mass is 35.5. The third-order valence-corrected chi connectivity index (χ3v) is 4.10. The van der Waals surface area contributed by atoms with Gasteiger partial charge in [-0.15, -0.1) is 12.4 Å². The summed E-state index contributed by atoms with van der Waals surface area (Å²) >= 11 is 0. The molecule has 0 saturated carbocycles. The molecule has 1 atom stereocenters. The van der Waals surface area contributed by atoms with E-state index in [4.69, 9.17) is 0 Å². The zero-order valence-corrected chi connectivity index (χ0v) is 14.1. The van der Waals surface area contributed by atoms with E-state index in [0.717, 1.165) is 37.2 Å². The zero-order valence-electron chi connectivity index (χ0n) is 13.3. The number of nitrogens with one attached hydrogen (secondary N) is 1. The average Bonchev–Trinajstić information content (AvgIpc) is 3.04. The lowest BCUT2D eigenvalue weighted by Gasteiger charge is -2.26. The van der Waals surface area contributed by atoms with Crippen LogP contribution in [0.4, 0.5) is 0 Å². The second-order valence-electron chi connectivity index (χ2n) is 5.87. The highest BCUT2D eigenvalue weighted by Gasteiger charge is 2.24. The van der Waals surface area contributed by atoms with Gasteiger partial charge in [0.25, 0.3) is 0 Å². The van der Waals surface area contributed by atoms with E-state index in [-0.39, 0.29) is 24.2 Å². The molecular formula is C17H23ClN4O. The Kier molecular flexibility index (Phi) is 6.19. The first-order valence-corrected chi connectivity index (χ1v) is 7.79. The molecule has 1 unspecified atom stereocenters. The van der Waals surface area contributed by atoms with Crippen LogP contribution in [0.1, 0.15) is 18.4 Å². The van der Waals surface area contributed by atoms with Crippen LogP contribution in [-0.4, -0.2) is 40.7 Å². The monoisotopic (exact) mass is 334 g/mol. The first-order valence-electron chi connectivity index (χ1n) is 7.79. The Morgan fingerprint density at radius 2 is 2.17 bits per heavy atom. The number of para-hydroxylation sites is 1. The molecule has 5 nitrogen and oxygen atoms in total. The second kappa shape index (κ2) is 8.13. The summed E-state index contributed by atoms with van der Waals surface area (Å²) in [5.74, 6) is 0.336. The van der Waals surface area contributed by atoms with E-state index in [0.29, 0.717) is 6.54 Å². The first-order chi connectivity index (χ1) is 10.7. The van der Waals surface area contributed by atoms with Crippen molar-refractivity contribution < 1.29 is 4.79 Å². The summed E-state index contributed by atoms with van der Waals surface area (Å²) in [6, 6.07) is 9.99. The van der Waals surface area contributed by atoms with E-state index in [1.165, 1.54) is 0 Å². The normalized spacial score (nSPS) is 17.3. The summed E-state index contributed by atoms with van der Waals surface area (Å²) in [5.41, 5.74) is 2.07. The highest BCUT2D eigenvalue weighted by molar-refractivity contribution is 5.85. The number of hydrogen-bond acceptors (Lipinski definition) is 3. The van der Waals surface area contributed by atoms with Crippen molar-refractivity contribution in [3.05, 3.63) is 48.3 Å². The summed E-state index contributed by atoms with van der Waals surface area (Å²) in [7, 11) is 1.87. The topological polar surface area (TPSA) is 50.2 Å². The summed E-state index contributed by atoms with van der Waals surface area (Å²) in [4.78, 5) is 14.2. The van der Waals surface area contributed by atoms with Crippen molar-refractivity contribution in [2.45, 2.75) is 19.4 Å². The van der Waals surface area contributed by atoms with E-state index in [1.807, 2.05) is 59.4 Å². The number of hydrogen-bond donors (Lipinski definition) is 1. The van der Waals surface area contributed by atoms with Crippen molar-refractivity contribution in [1.29, 1.82) is 0 Å². The van der Waals surface area contributed by atoms with Crippen LogP contribution in [0.3, 0.4) is 0 Å². The summed E-state index contributed by atoms with van der Waals surface area (Å²) in [6.07, 6.45) is 5.88. The van der Waals surface area contributed by atoms with E-state index >= 15 is 0 Å². The molecule has 1 N–H and O–H groups in total. The molecule has 1 saturated heterocycles. The van der Waals surface area contributed by atoms with Gasteiger partial charge in [-0.2, -0.15) is 5.10 Å². The van der Waals surface area contributed by atoms with E-state index in [2.05, 4.69) is 10.4 Å². The molecule has 1 aromatic heterocycles. The number of piperidine rings is 1. The number of carbonyl (C=O) groups is 1. The number of carbonyl (C=O) groups excluding carboxylic acids is 1. The molecule has 1 fully saturated rings. The predicted octanol–water partition coefficient (Wildman–Crippen LogP) is 2.25. The minimum Gasteiger partial charge on any atom is -0.341 e. The Balaban J connectivity index is 0.00000192. The molecule has 6 heteroatoms.